The maximum atomic E-state index is 13.5. The molecular formula is C23H24FN5. The summed E-state index contributed by atoms with van der Waals surface area (Å²) in [6.45, 7) is 5.06. The number of aromatic amines is 1. The molecule has 0 amide bonds. The van der Waals surface area contributed by atoms with Gasteiger partial charge in [0, 0.05) is 61.1 Å². The van der Waals surface area contributed by atoms with Crippen LogP contribution in [0.15, 0.2) is 55.0 Å². The Morgan fingerprint density at radius 1 is 0.966 bits per heavy atom. The molecular weight excluding hydrogens is 365 g/mol. The second kappa shape index (κ2) is 7.79. The lowest BCUT2D eigenvalue weighted by atomic mass is 10.1. The highest BCUT2D eigenvalue weighted by atomic mass is 19.1. The summed E-state index contributed by atoms with van der Waals surface area (Å²) in [6, 6.07) is 11.0. The lowest BCUT2D eigenvalue weighted by Crippen LogP contribution is -2.47. The van der Waals surface area contributed by atoms with Gasteiger partial charge in [-0.2, -0.15) is 0 Å². The van der Waals surface area contributed by atoms with Crippen LogP contribution in [0.4, 0.5) is 10.2 Å². The van der Waals surface area contributed by atoms with Crippen molar-refractivity contribution in [1.82, 2.24) is 19.9 Å². The molecule has 0 unspecified atom stereocenters. The highest BCUT2D eigenvalue weighted by molar-refractivity contribution is 5.89. The first-order chi connectivity index (χ1) is 14.3. The number of hydrogen-bond acceptors (Lipinski definition) is 4. The SMILES string of the molecule is Fc1ccc2[nH]cc(CCCN3CCN(c4nccc5ncccc45)CC3)c2c1. The van der Waals surface area contributed by atoms with E-state index in [2.05, 4.69) is 30.8 Å². The normalized spacial score (nSPS) is 15.4. The number of aryl methyl sites for hydroxylation is 1. The second-order valence-electron chi connectivity index (χ2n) is 7.64. The molecule has 1 aromatic carbocycles. The van der Waals surface area contributed by atoms with Crippen molar-refractivity contribution in [1.29, 1.82) is 0 Å². The van der Waals surface area contributed by atoms with Crippen LogP contribution in [0.1, 0.15) is 12.0 Å². The van der Waals surface area contributed by atoms with Crippen molar-refractivity contribution in [3.8, 4) is 0 Å². The Hall–Kier alpha value is -2.99. The Balaban J connectivity index is 1.17. The summed E-state index contributed by atoms with van der Waals surface area (Å²) >= 11 is 0. The number of nitrogens with zero attached hydrogens (tertiary/aromatic N) is 4. The molecule has 0 spiro atoms. The number of benzene rings is 1. The van der Waals surface area contributed by atoms with Crippen LogP contribution in [0.3, 0.4) is 0 Å². The Bertz CT molecular complexity index is 1130. The number of nitrogens with one attached hydrogen (secondary N) is 1. The molecule has 0 aliphatic carbocycles. The smallest absolute Gasteiger partial charge is 0.138 e. The molecule has 0 atom stereocenters. The minimum Gasteiger partial charge on any atom is -0.361 e. The summed E-state index contributed by atoms with van der Waals surface area (Å²) in [5.74, 6) is 0.864. The average molecular weight is 389 g/mol. The average Bonchev–Trinajstić information content (AvgIpc) is 3.16. The molecule has 0 bridgehead atoms. The van der Waals surface area contributed by atoms with Crippen LogP contribution in [-0.2, 0) is 6.42 Å². The van der Waals surface area contributed by atoms with Crippen LogP contribution in [0, 0.1) is 5.82 Å². The van der Waals surface area contributed by atoms with E-state index in [1.54, 1.807) is 6.07 Å². The van der Waals surface area contributed by atoms with Gasteiger partial charge in [0.2, 0.25) is 0 Å². The van der Waals surface area contributed by atoms with Gasteiger partial charge in [0.05, 0.1) is 5.52 Å². The monoisotopic (exact) mass is 389 g/mol. The predicted octanol–water partition coefficient (Wildman–Crippen LogP) is 4.01. The third kappa shape index (κ3) is 3.68. The fourth-order valence-corrected chi connectivity index (χ4v) is 4.27. The van der Waals surface area contributed by atoms with E-state index in [0.29, 0.717) is 0 Å². The lowest BCUT2D eigenvalue weighted by molar-refractivity contribution is 0.255. The van der Waals surface area contributed by atoms with Crippen LogP contribution >= 0.6 is 0 Å². The maximum absolute atomic E-state index is 13.5. The van der Waals surface area contributed by atoms with Crippen molar-refractivity contribution in [2.75, 3.05) is 37.6 Å². The number of rotatable bonds is 5. The minimum atomic E-state index is -0.174. The van der Waals surface area contributed by atoms with Gasteiger partial charge in [-0.05, 0) is 61.3 Å². The molecule has 4 heterocycles. The molecule has 1 fully saturated rings. The van der Waals surface area contributed by atoms with Gasteiger partial charge >= 0.3 is 0 Å². The van der Waals surface area contributed by atoms with Gasteiger partial charge in [-0.25, -0.2) is 9.37 Å². The third-order valence-corrected chi connectivity index (χ3v) is 5.83. The number of pyridine rings is 2. The largest absolute Gasteiger partial charge is 0.361 e. The van der Waals surface area contributed by atoms with E-state index in [1.165, 1.54) is 11.6 Å². The van der Waals surface area contributed by atoms with Gasteiger partial charge in [-0.3, -0.25) is 9.88 Å². The first-order valence-corrected chi connectivity index (χ1v) is 10.2. The van der Waals surface area contributed by atoms with Gasteiger partial charge in [0.25, 0.3) is 0 Å². The van der Waals surface area contributed by atoms with E-state index in [0.717, 1.165) is 73.2 Å². The van der Waals surface area contributed by atoms with Crippen LogP contribution in [0.2, 0.25) is 0 Å². The Kier molecular flexibility index (Phi) is 4.86. The standard InChI is InChI=1S/C23H24FN5/c24-18-5-6-21-20(15-18)17(16-27-21)3-2-10-28-11-13-29(14-12-28)23-19-4-1-8-25-22(19)7-9-26-23/h1,4-9,15-16,27H,2-3,10-14H2. The van der Waals surface area contributed by atoms with Crippen molar-refractivity contribution >= 4 is 27.6 Å². The zero-order chi connectivity index (χ0) is 19.6. The number of halogens is 1. The predicted molar refractivity (Wildman–Crippen MR) is 115 cm³/mol. The van der Waals surface area contributed by atoms with Gasteiger partial charge < -0.3 is 9.88 Å². The third-order valence-electron chi connectivity index (χ3n) is 5.83. The fraction of sp³-hybridized carbons (Fsp3) is 0.304. The van der Waals surface area contributed by atoms with Crippen molar-refractivity contribution in [3.05, 3.63) is 66.4 Å². The Morgan fingerprint density at radius 2 is 1.86 bits per heavy atom. The molecule has 5 nitrogen and oxygen atoms in total. The summed E-state index contributed by atoms with van der Waals surface area (Å²) in [6.07, 6.45) is 7.72. The molecule has 4 aromatic rings. The molecule has 5 rings (SSSR count). The summed E-state index contributed by atoms with van der Waals surface area (Å²) in [5.41, 5.74) is 3.20. The number of H-pyrrole nitrogens is 1. The molecule has 3 aromatic heterocycles. The number of fused-ring (bicyclic) bond motifs is 2. The van der Waals surface area contributed by atoms with Crippen molar-refractivity contribution in [2.24, 2.45) is 0 Å². The quantitative estimate of drug-likeness (QED) is 0.560. The number of aromatic nitrogens is 3. The van der Waals surface area contributed by atoms with Crippen molar-refractivity contribution in [3.63, 3.8) is 0 Å². The van der Waals surface area contributed by atoms with E-state index >= 15 is 0 Å². The molecule has 0 saturated carbocycles. The summed E-state index contributed by atoms with van der Waals surface area (Å²) in [4.78, 5) is 17.2. The summed E-state index contributed by atoms with van der Waals surface area (Å²) in [5, 5.41) is 2.13. The fourth-order valence-electron chi connectivity index (χ4n) is 4.27. The van der Waals surface area contributed by atoms with E-state index in [1.807, 2.05) is 36.8 Å². The van der Waals surface area contributed by atoms with Crippen LogP contribution < -0.4 is 4.90 Å². The van der Waals surface area contributed by atoms with Gasteiger partial charge in [0.15, 0.2) is 0 Å². The Morgan fingerprint density at radius 3 is 2.76 bits per heavy atom. The van der Waals surface area contributed by atoms with E-state index < -0.39 is 0 Å². The highest BCUT2D eigenvalue weighted by Gasteiger charge is 2.19. The van der Waals surface area contributed by atoms with E-state index in [-0.39, 0.29) is 5.82 Å². The van der Waals surface area contributed by atoms with Gasteiger partial charge in [0.1, 0.15) is 11.6 Å². The molecule has 0 radical (unpaired) electrons. The summed E-state index contributed by atoms with van der Waals surface area (Å²) < 4.78 is 13.5. The first kappa shape index (κ1) is 18.1. The van der Waals surface area contributed by atoms with Crippen molar-refractivity contribution < 1.29 is 4.39 Å². The molecule has 148 valence electrons. The Labute approximate surface area is 169 Å². The second-order valence-corrected chi connectivity index (χ2v) is 7.64. The zero-order valence-electron chi connectivity index (χ0n) is 16.3. The number of anilines is 1. The van der Waals surface area contributed by atoms with Crippen LogP contribution in [0.5, 0.6) is 0 Å². The van der Waals surface area contributed by atoms with Crippen molar-refractivity contribution in [2.45, 2.75) is 12.8 Å². The molecule has 29 heavy (non-hydrogen) atoms. The topological polar surface area (TPSA) is 48.1 Å². The minimum absolute atomic E-state index is 0.174. The maximum Gasteiger partial charge on any atom is 0.138 e. The number of hydrogen-bond donors (Lipinski definition) is 1. The molecule has 1 aliphatic heterocycles. The first-order valence-electron chi connectivity index (χ1n) is 10.2. The number of piperazine rings is 1. The van der Waals surface area contributed by atoms with Crippen LogP contribution in [-0.4, -0.2) is 52.6 Å². The summed E-state index contributed by atoms with van der Waals surface area (Å²) in [7, 11) is 0. The molecule has 1 saturated heterocycles. The van der Waals surface area contributed by atoms with Gasteiger partial charge in [-0.15, -0.1) is 0 Å². The molecule has 6 heteroatoms. The molecule has 1 N–H and O–H groups in total. The van der Waals surface area contributed by atoms with E-state index in [9.17, 15) is 4.39 Å². The lowest BCUT2D eigenvalue weighted by Gasteiger charge is -2.35. The highest BCUT2D eigenvalue weighted by Crippen LogP contribution is 2.24. The zero-order valence-corrected chi connectivity index (χ0v) is 16.3. The van der Waals surface area contributed by atoms with Gasteiger partial charge in [-0.1, -0.05) is 0 Å². The van der Waals surface area contributed by atoms with E-state index in [4.69, 9.17) is 0 Å². The molecule has 1 aliphatic rings. The van der Waals surface area contributed by atoms with Crippen LogP contribution in [0.25, 0.3) is 21.8 Å².